The van der Waals surface area contributed by atoms with Crippen molar-refractivity contribution in [1.82, 2.24) is 9.78 Å². The number of carboxylic acid groups (broad SMARTS) is 1. The van der Waals surface area contributed by atoms with E-state index in [1.807, 2.05) is 13.8 Å². The van der Waals surface area contributed by atoms with Crippen LogP contribution >= 0.6 is 0 Å². The number of nitrogens with zero attached hydrogens (tertiary/aromatic N) is 4. The van der Waals surface area contributed by atoms with E-state index in [2.05, 4.69) is 5.10 Å². The van der Waals surface area contributed by atoms with Crippen molar-refractivity contribution < 1.29 is 14.8 Å². The van der Waals surface area contributed by atoms with E-state index in [9.17, 15) is 14.9 Å². The molecule has 0 aliphatic heterocycles. The smallest absolute Gasteiger partial charge is 0.334 e. The lowest BCUT2D eigenvalue weighted by atomic mass is 10.1. The quantitative estimate of drug-likeness (QED) is 0.618. The Kier molecular flexibility index (Phi) is 4.47. The zero-order valence-electron chi connectivity index (χ0n) is 11.5. The summed E-state index contributed by atoms with van der Waals surface area (Å²) in [5, 5.41) is 24.0. The number of carbonyl (C=O) groups is 1. The number of aromatic nitrogens is 2. The van der Waals surface area contributed by atoms with Gasteiger partial charge in [0, 0.05) is 26.6 Å². The highest BCUT2D eigenvalue weighted by molar-refractivity contribution is 5.68. The molecule has 0 amide bonds. The molecule has 0 spiro atoms. The van der Waals surface area contributed by atoms with Gasteiger partial charge >= 0.3 is 11.7 Å². The zero-order valence-corrected chi connectivity index (χ0v) is 11.5. The van der Waals surface area contributed by atoms with Crippen LogP contribution < -0.4 is 4.90 Å². The molecule has 0 saturated carbocycles. The van der Waals surface area contributed by atoms with Crippen LogP contribution in [0.1, 0.15) is 31.9 Å². The van der Waals surface area contributed by atoms with E-state index >= 15 is 0 Å². The molecule has 1 N–H and O–H groups in total. The number of anilines is 1. The average Bonchev–Trinajstić information content (AvgIpc) is 2.64. The minimum Gasteiger partial charge on any atom is -0.481 e. The summed E-state index contributed by atoms with van der Waals surface area (Å²) in [7, 11) is 3.24. The van der Waals surface area contributed by atoms with Crippen LogP contribution in [-0.2, 0) is 11.8 Å². The van der Waals surface area contributed by atoms with Gasteiger partial charge in [0.15, 0.2) is 0 Å². The van der Waals surface area contributed by atoms with E-state index < -0.39 is 10.9 Å². The van der Waals surface area contributed by atoms with Crippen LogP contribution in [0.15, 0.2) is 0 Å². The first-order chi connectivity index (χ1) is 8.75. The summed E-state index contributed by atoms with van der Waals surface area (Å²) in [6.07, 6.45) is -0.0875. The maximum absolute atomic E-state index is 11.2. The fraction of sp³-hybridized carbons (Fsp3) is 0.636. The van der Waals surface area contributed by atoms with E-state index in [1.165, 1.54) is 4.68 Å². The van der Waals surface area contributed by atoms with E-state index in [4.69, 9.17) is 5.11 Å². The van der Waals surface area contributed by atoms with E-state index in [-0.39, 0.29) is 24.6 Å². The Morgan fingerprint density at radius 3 is 2.58 bits per heavy atom. The number of hydrogen-bond acceptors (Lipinski definition) is 5. The lowest BCUT2D eigenvalue weighted by Crippen LogP contribution is -2.24. The van der Waals surface area contributed by atoms with Gasteiger partial charge in [0.2, 0.25) is 5.82 Å². The Bertz CT molecular complexity index is 495. The first-order valence-electron chi connectivity index (χ1n) is 5.89. The molecule has 0 unspecified atom stereocenters. The molecular formula is C11H18N4O4. The molecule has 0 aliphatic carbocycles. The fourth-order valence-corrected chi connectivity index (χ4v) is 1.89. The van der Waals surface area contributed by atoms with Crippen molar-refractivity contribution in [2.24, 2.45) is 7.05 Å². The van der Waals surface area contributed by atoms with Crippen molar-refractivity contribution in [2.75, 3.05) is 18.5 Å². The van der Waals surface area contributed by atoms with Gasteiger partial charge in [-0.25, -0.2) is 4.68 Å². The summed E-state index contributed by atoms with van der Waals surface area (Å²) < 4.78 is 1.43. The highest BCUT2D eigenvalue weighted by Crippen LogP contribution is 2.34. The molecule has 0 aromatic carbocycles. The van der Waals surface area contributed by atoms with Gasteiger partial charge < -0.3 is 10.0 Å². The first kappa shape index (κ1) is 14.9. The Morgan fingerprint density at radius 2 is 2.16 bits per heavy atom. The predicted octanol–water partition coefficient (Wildman–Crippen LogP) is 1.36. The molecule has 0 saturated heterocycles. The molecule has 0 fully saturated rings. The van der Waals surface area contributed by atoms with E-state index in [0.29, 0.717) is 11.5 Å². The monoisotopic (exact) mass is 270 g/mol. The van der Waals surface area contributed by atoms with Gasteiger partial charge in [0.05, 0.1) is 11.3 Å². The summed E-state index contributed by atoms with van der Waals surface area (Å²) in [6, 6.07) is 0. The van der Waals surface area contributed by atoms with Gasteiger partial charge in [0.25, 0.3) is 0 Å². The third-order valence-corrected chi connectivity index (χ3v) is 2.77. The molecule has 0 atom stereocenters. The fourth-order valence-electron chi connectivity index (χ4n) is 1.89. The SMILES string of the molecule is CC(C)c1nn(C)c(N(C)CCC(=O)O)c1[N+](=O)[O-]. The zero-order chi connectivity index (χ0) is 14.7. The largest absolute Gasteiger partial charge is 0.481 e. The van der Waals surface area contributed by atoms with Crippen LogP contribution in [0.3, 0.4) is 0 Å². The molecule has 19 heavy (non-hydrogen) atoms. The van der Waals surface area contributed by atoms with Gasteiger partial charge in [-0.15, -0.1) is 0 Å². The third-order valence-electron chi connectivity index (χ3n) is 2.77. The standard InChI is InChI=1S/C11H18N4O4/c1-7(2)9-10(15(18)19)11(14(4)12-9)13(3)6-5-8(16)17/h7H,5-6H2,1-4H3,(H,16,17). The molecule has 1 rings (SSSR count). The Labute approximate surface area is 110 Å². The number of aliphatic carboxylic acids is 1. The second kappa shape index (κ2) is 5.68. The lowest BCUT2D eigenvalue weighted by Gasteiger charge is -2.17. The summed E-state index contributed by atoms with van der Waals surface area (Å²) in [5.41, 5.74) is 0.357. The van der Waals surface area contributed by atoms with Crippen molar-refractivity contribution in [3.63, 3.8) is 0 Å². The van der Waals surface area contributed by atoms with Crippen LogP contribution in [0.4, 0.5) is 11.5 Å². The van der Waals surface area contributed by atoms with Gasteiger partial charge in [-0.1, -0.05) is 13.8 Å². The summed E-state index contributed by atoms with van der Waals surface area (Å²) in [6.45, 7) is 3.85. The number of hydrogen-bond donors (Lipinski definition) is 1. The van der Waals surface area contributed by atoms with Crippen LogP contribution in [0.5, 0.6) is 0 Å². The normalized spacial score (nSPS) is 10.8. The predicted molar refractivity (Wildman–Crippen MR) is 69.5 cm³/mol. The second-order valence-electron chi connectivity index (χ2n) is 4.66. The number of nitro groups is 1. The van der Waals surface area contributed by atoms with Crippen molar-refractivity contribution >= 4 is 17.5 Å². The van der Waals surface area contributed by atoms with Crippen molar-refractivity contribution in [3.05, 3.63) is 15.8 Å². The molecule has 8 nitrogen and oxygen atoms in total. The van der Waals surface area contributed by atoms with Crippen molar-refractivity contribution in [1.29, 1.82) is 0 Å². The maximum atomic E-state index is 11.2. The number of aryl methyl sites for hydroxylation is 1. The second-order valence-corrected chi connectivity index (χ2v) is 4.66. The first-order valence-corrected chi connectivity index (χ1v) is 5.89. The molecule has 0 radical (unpaired) electrons. The molecule has 1 aromatic heterocycles. The van der Waals surface area contributed by atoms with E-state index in [0.717, 1.165) is 0 Å². The van der Waals surface area contributed by atoms with E-state index in [1.54, 1.807) is 19.0 Å². The summed E-state index contributed by atoms with van der Waals surface area (Å²) in [5.74, 6) is -0.691. The molecule has 1 aromatic rings. The van der Waals surface area contributed by atoms with Gasteiger partial charge in [-0.3, -0.25) is 14.9 Å². The number of rotatable bonds is 6. The molecular weight excluding hydrogens is 252 g/mol. The van der Waals surface area contributed by atoms with Crippen molar-refractivity contribution in [2.45, 2.75) is 26.2 Å². The Morgan fingerprint density at radius 1 is 1.58 bits per heavy atom. The van der Waals surface area contributed by atoms with Gasteiger partial charge in [-0.05, 0) is 0 Å². The van der Waals surface area contributed by atoms with Gasteiger partial charge in [-0.2, -0.15) is 5.10 Å². The molecule has 1 heterocycles. The molecule has 0 aliphatic rings. The highest BCUT2D eigenvalue weighted by atomic mass is 16.6. The molecule has 106 valence electrons. The van der Waals surface area contributed by atoms with Crippen LogP contribution in [0.2, 0.25) is 0 Å². The van der Waals surface area contributed by atoms with Crippen LogP contribution in [-0.4, -0.2) is 39.4 Å². The van der Waals surface area contributed by atoms with Gasteiger partial charge in [0.1, 0.15) is 5.69 Å². The van der Waals surface area contributed by atoms with Crippen LogP contribution in [0, 0.1) is 10.1 Å². The minimum absolute atomic E-state index is 0.0506. The van der Waals surface area contributed by atoms with Crippen molar-refractivity contribution in [3.8, 4) is 0 Å². The molecule has 0 bridgehead atoms. The topological polar surface area (TPSA) is 102 Å². The lowest BCUT2D eigenvalue weighted by molar-refractivity contribution is -0.385. The number of carboxylic acids is 1. The third kappa shape index (κ3) is 3.21. The maximum Gasteiger partial charge on any atom is 0.334 e. The average molecular weight is 270 g/mol. The highest BCUT2D eigenvalue weighted by Gasteiger charge is 2.30. The Hall–Kier alpha value is -2.12. The summed E-state index contributed by atoms with van der Waals surface area (Å²) in [4.78, 5) is 22.9. The Balaban J connectivity index is 3.18. The van der Waals surface area contributed by atoms with Crippen LogP contribution in [0.25, 0.3) is 0 Å². The molecule has 8 heteroatoms. The summed E-state index contributed by atoms with van der Waals surface area (Å²) >= 11 is 0. The minimum atomic E-state index is -0.944.